The Labute approximate surface area is 362 Å². The van der Waals surface area contributed by atoms with Crippen molar-refractivity contribution in [2.24, 2.45) is 11.8 Å². The molecule has 0 radical (unpaired) electrons. The maximum Gasteiger partial charge on any atom is 0.290 e. The maximum atomic E-state index is 12.0. The van der Waals surface area contributed by atoms with Crippen LogP contribution in [0.1, 0.15) is 220 Å². The van der Waals surface area contributed by atoms with Gasteiger partial charge in [0.2, 0.25) is 0 Å². The molecule has 1 atom stereocenters. The summed E-state index contributed by atoms with van der Waals surface area (Å²) in [5, 5.41) is 19.9. The Hall–Kier alpha value is -2.46. The first kappa shape index (κ1) is 58.6. The lowest BCUT2D eigenvalue weighted by Gasteiger charge is -2.23. The first-order valence-electron chi connectivity index (χ1n) is 24.6. The van der Waals surface area contributed by atoms with Gasteiger partial charge in [0.1, 0.15) is 11.4 Å². The van der Waals surface area contributed by atoms with E-state index in [-0.39, 0.29) is 18.4 Å². The minimum absolute atomic E-state index is 0.250. The molecule has 10 nitrogen and oxygen atoms in total. The SMILES string of the molecule is CCCCCCCCC(CCCCCCCC)CCCCCCCN(CCCNc1c(NC)c(=O)c1=O)CCCOCCCC(CC)CCCCCC.O=CO.O=CO. The molecule has 59 heavy (non-hydrogen) atoms. The molecule has 0 saturated carbocycles. The first-order chi connectivity index (χ1) is 28.8. The van der Waals surface area contributed by atoms with Crippen molar-refractivity contribution < 1.29 is 24.5 Å². The number of hydrogen-bond acceptors (Lipinski definition) is 8. The maximum absolute atomic E-state index is 12.0. The molecule has 1 aromatic carbocycles. The number of carboxylic acid groups (broad SMARTS) is 2. The highest BCUT2D eigenvalue weighted by Gasteiger charge is 2.19. The fourth-order valence-electron chi connectivity index (χ4n) is 8.19. The number of nitrogens with zero attached hydrogens (tertiary/aromatic N) is 1. The summed E-state index contributed by atoms with van der Waals surface area (Å²) in [4.78, 5) is 43.0. The highest BCUT2D eigenvalue weighted by atomic mass is 16.5. The van der Waals surface area contributed by atoms with Crippen molar-refractivity contribution in [3.05, 3.63) is 20.4 Å². The van der Waals surface area contributed by atoms with E-state index in [1.165, 1.54) is 180 Å². The summed E-state index contributed by atoms with van der Waals surface area (Å²) in [7, 11) is 1.70. The van der Waals surface area contributed by atoms with E-state index in [9.17, 15) is 9.59 Å². The molecule has 4 N–H and O–H groups in total. The molecule has 0 amide bonds. The summed E-state index contributed by atoms with van der Waals surface area (Å²) < 4.78 is 6.11. The molecular formula is C49H95N3O7. The molecule has 0 aromatic heterocycles. The second kappa shape index (κ2) is 46.6. The second-order valence-corrected chi connectivity index (χ2v) is 16.8. The zero-order valence-corrected chi connectivity index (χ0v) is 39.1. The van der Waals surface area contributed by atoms with Crippen LogP contribution >= 0.6 is 0 Å². The molecule has 0 fully saturated rings. The third-order valence-corrected chi connectivity index (χ3v) is 11.8. The van der Waals surface area contributed by atoms with E-state index in [0.29, 0.717) is 17.9 Å². The predicted molar refractivity (Wildman–Crippen MR) is 252 cm³/mol. The van der Waals surface area contributed by atoms with Crippen LogP contribution in [0.15, 0.2) is 9.59 Å². The summed E-state index contributed by atoms with van der Waals surface area (Å²) in [6.45, 7) is 14.4. The first-order valence-corrected chi connectivity index (χ1v) is 24.6. The molecule has 348 valence electrons. The molecule has 0 bridgehead atoms. The van der Waals surface area contributed by atoms with Gasteiger partial charge >= 0.3 is 0 Å². The average Bonchev–Trinajstić information content (AvgIpc) is 3.23. The minimum Gasteiger partial charge on any atom is -0.483 e. The van der Waals surface area contributed by atoms with E-state index >= 15 is 0 Å². The van der Waals surface area contributed by atoms with Gasteiger partial charge in [0.05, 0.1) is 0 Å². The van der Waals surface area contributed by atoms with E-state index in [2.05, 4.69) is 43.2 Å². The molecule has 0 aliphatic heterocycles. The minimum atomic E-state index is -0.403. The van der Waals surface area contributed by atoms with Crippen molar-refractivity contribution in [1.29, 1.82) is 0 Å². The van der Waals surface area contributed by atoms with Crippen molar-refractivity contribution in [3.8, 4) is 0 Å². The van der Waals surface area contributed by atoms with Gasteiger partial charge in [0.25, 0.3) is 23.8 Å². The Morgan fingerprint density at radius 1 is 0.508 bits per heavy atom. The zero-order chi connectivity index (χ0) is 44.0. The second-order valence-electron chi connectivity index (χ2n) is 16.8. The number of unbranched alkanes of at least 4 members (excludes halogenated alkanes) is 17. The fourth-order valence-corrected chi connectivity index (χ4v) is 8.19. The number of rotatable bonds is 42. The summed E-state index contributed by atoms with van der Waals surface area (Å²) in [5.74, 6) is 1.82. The number of ether oxygens (including phenoxy) is 1. The third kappa shape index (κ3) is 36.0. The van der Waals surface area contributed by atoms with Gasteiger partial charge in [-0.05, 0) is 57.0 Å². The van der Waals surface area contributed by atoms with Crippen LogP contribution in [0.3, 0.4) is 0 Å². The van der Waals surface area contributed by atoms with Crippen LogP contribution in [0.4, 0.5) is 11.4 Å². The lowest BCUT2D eigenvalue weighted by molar-refractivity contribution is -0.123. The lowest BCUT2D eigenvalue weighted by Crippen LogP contribution is -2.37. The molecule has 10 heteroatoms. The topological polar surface area (TPSA) is 145 Å². The summed E-state index contributed by atoms with van der Waals surface area (Å²) in [6.07, 6.45) is 40.8. The number of anilines is 2. The van der Waals surface area contributed by atoms with Gasteiger partial charge in [-0.25, -0.2) is 0 Å². The molecule has 1 rings (SSSR count). The van der Waals surface area contributed by atoms with Crippen LogP contribution in [0.25, 0.3) is 0 Å². The van der Waals surface area contributed by atoms with Crippen LogP contribution < -0.4 is 21.5 Å². The predicted octanol–water partition coefficient (Wildman–Crippen LogP) is 12.5. The molecule has 0 spiro atoms. The summed E-state index contributed by atoms with van der Waals surface area (Å²) >= 11 is 0. The molecule has 0 saturated heterocycles. The van der Waals surface area contributed by atoms with Crippen LogP contribution in [0, 0.1) is 11.8 Å². The molecule has 0 aliphatic rings. The Morgan fingerprint density at radius 2 is 0.881 bits per heavy atom. The largest absolute Gasteiger partial charge is 0.483 e. The van der Waals surface area contributed by atoms with Crippen LogP contribution in [-0.4, -0.2) is 74.5 Å². The molecule has 1 unspecified atom stereocenters. The van der Waals surface area contributed by atoms with Gasteiger partial charge in [-0.15, -0.1) is 0 Å². The summed E-state index contributed by atoms with van der Waals surface area (Å²) in [5.41, 5.74) is 0.105. The van der Waals surface area contributed by atoms with E-state index in [1.807, 2.05) is 0 Å². The van der Waals surface area contributed by atoms with E-state index < -0.39 is 5.43 Å². The Morgan fingerprint density at radius 3 is 1.37 bits per heavy atom. The van der Waals surface area contributed by atoms with Gasteiger partial charge < -0.3 is 30.5 Å². The van der Waals surface area contributed by atoms with Gasteiger partial charge in [-0.2, -0.15) is 0 Å². The number of nitrogens with one attached hydrogen (secondary N) is 2. The van der Waals surface area contributed by atoms with E-state index in [0.717, 1.165) is 57.5 Å². The Bertz CT molecular complexity index is 1070. The average molecular weight is 838 g/mol. The van der Waals surface area contributed by atoms with Crippen LogP contribution in [0.2, 0.25) is 0 Å². The van der Waals surface area contributed by atoms with Gasteiger partial charge in [-0.1, -0.05) is 188 Å². The molecule has 0 aliphatic carbocycles. The van der Waals surface area contributed by atoms with Gasteiger partial charge in [0, 0.05) is 33.4 Å². The standard InChI is InChI=1S/C47H91N3O3.2CH2O2/c1-6-10-13-16-19-24-32-43(33-25-20-17-14-11-7-2)34-26-21-18-22-27-37-50(38-29-36-49-45-44(48-5)46(51)47(45)52)39-30-41-53-40-28-35-42(9-4)31-23-15-12-8-3;2*2-1-3/h42-43,48-49H,6-41H2,1-5H3;2*1H,(H,2,3). The highest BCUT2D eigenvalue weighted by Crippen LogP contribution is 2.25. The Balaban J connectivity index is 0. The highest BCUT2D eigenvalue weighted by molar-refractivity contribution is 5.73. The monoisotopic (exact) mass is 838 g/mol. The van der Waals surface area contributed by atoms with Crippen molar-refractivity contribution in [2.45, 2.75) is 220 Å². The van der Waals surface area contributed by atoms with Crippen molar-refractivity contribution in [3.63, 3.8) is 0 Å². The van der Waals surface area contributed by atoms with Crippen LogP contribution in [-0.2, 0) is 14.3 Å². The van der Waals surface area contributed by atoms with Gasteiger partial charge in [0.15, 0.2) is 0 Å². The van der Waals surface area contributed by atoms with Crippen LogP contribution in [0.5, 0.6) is 0 Å². The molecular weight excluding hydrogens is 743 g/mol. The number of hydrogen-bond donors (Lipinski definition) is 4. The van der Waals surface area contributed by atoms with E-state index in [1.54, 1.807) is 7.05 Å². The zero-order valence-electron chi connectivity index (χ0n) is 39.1. The normalized spacial score (nSPS) is 11.6. The van der Waals surface area contributed by atoms with Gasteiger partial charge in [-0.3, -0.25) is 19.2 Å². The fraction of sp³-hybridized carbons (Fsp3) is 0.878. The van der Waals surface area contributed by atoms with E-state index in [4.69, 9.17) is 24.5 Å². The third-order valence-electron chi connectivity index (χ3n) is 11.8. The Kier molecular flexibility index (Phi) is 46.3. The van der Waals surface area contributed by atoms with Crippen molar-refractivity contribution >= 4 is 24.3 Å². The number of carbonyl (C=O) groups is 2. The van der Waals surface area contributed by atoms with Crippen molar-refractivity contribution in [2.75, 3.05) is 57.1 Å². The lowest BCUT2D eigenvalue weighted by atomic mass is 9.89. The van der Waals surface area contributed by atoms with Crippen molar-refractivity contribution in [1.82, 2.24) is 4.90 Å². The quantitative estimate of drug-likeness (QED) is 0.0285. The molecule has 1 aromatic rings. The molecule has 0 heterocycles. The summed E-state index contributed by atoms with van der Waals surface area (Å²) in [6, 6.07) is 0. The smallest absolute Gasteiger partial charge is 0.290 e.